The molecule has 0 unspecified atom stereocenters. The molecule has 25 heavy (non-hydrogen) atoms. The Kier molecular flexibility index (Phi) is 4.17. The first kappa shape index (κ1) is 16.1. The molecule has 130 valence electrons. The van der Waals surface area contributed by atoms with E-state index in [4.69, 9.17) is 21.1 Å². The van der Waals surface area contributed by atoms with Crippen molar-refractivity contribution in [3.8, 4) is 11.5 Å². The molecule has 2 aromatic rings. The molecular formula is C19H19ClN2O3. The summed E-state index contributed by atoms with van der Waals surface area (Å²) in [5.41, 5.74) is 1.41. The smallest absolute Gasteiger partial charge is 0.251 e. The third-order valence-electron chi connectivity index (χ3n) is 4.50. The monoisotopic (exact) mass is 358 g/mol. The predicted octanol–water partition coefficient (Wildman–Crippen LogP) is 4.43. The standard InChI is InChI=1S/C19H19ClN2O3/c20-14-5-1-2-6-15(14)21-12-18(23)22-13-7-8-16-17(11-13)25-19(24-16)9-3-4-10-19/h1-2,5-8,11,21H,3-4,9-10,12H2,(H,22,23). The lowest BCUT2D eigenvalue weighted by atomic mass is 10.2. The quantitative estimate of drug-likeness (QED) is 0.848. The summed E-state index contributed by atoms with van der Waals surface area (Å²) in [6, 6.07) is 12.8. The number of rotatable bonds is 4. The van der Waals surface area contributed by atoms with Crippen molar-refractivity contribution in [3.63, 3.8) is 0 Å². The van der Waals surface area contributed by atoms with Gasteiger partial charge in [0.05, 0.1) is 17.3 Å². The van der Waals surface area contributed by atoms with E-state index in [1.54, 1.807) is 6.07 Å². The number of carbonyl (C=O) groups is 1. The van der Waals surface area contributed by atoms with Gasteiger partial charge in [0.25, 0.3) is 5.79 Å². The van der Waals surface area contributed by atoms with Crippen LogP contribution in [0.15, 0.2) is 42.5 Å². The molecule has 0 radical (unpaired) electrons. The molecule has 1 aliphatic carbocycles. The molecular weight excluding hydrogens is 340 g/mol. The summed E-state index contributed by atoms with van der Waals surface area (Å²) in [4.78, 5) is 12.2. The summed E-state index contributed by atoms with van der Waals surface area (Å²) in [6.45, 7) is 0.127. The van der Waals surface area contributed by atoms with Gasteiger partial charge in [0.2, 0.25) is 5.91 Å². The number of hydrogen-bond acceptors (Lipinski definition) is 4. The summed E-state index contributed by atoms with van der Waals surface area (Å²) in [6.07, 6.45) is 4.05. The van der Waals surface area contributed by atoms with Gasteiger partial charge in [-0.3, -0.25) is 4.79 Å². The summed E-state index contributed by atoms with van der Waals surface area (Å²) < 4.78 is 12.0. The molecule has 1 amide bonds. The molecule has 1 fully saturated rings. The maximum atomic E-state index is 12.2. The second kappa shape index (κ2) is 6.48. The first-order chi connectivity index (χ1) is 12.1. The van der Waals surface area contributed by atoms with Gasteiger partial charge in [0, 0.05) is 24.6 Å². The molecule has 0 atom stereocenters. The van der Waals surface area contributed by atoms with Crippen LogP contribution in [-0.2, 0) is 4.79 Å². The van der Waals surface area contributed by atoms with Gasteiger partial charge in [-0.1, -0.05) is 23.7 Å². The van der Waals surface area contributed by atoms with Crippen LogP contribution >= 0.6 is 11.6 Å². The Morgan fingerprint density at radius 2 is 1.84 bits per heavy atom. The molecule has 0 saturated heterocycles. The first-order valence-electron chi connectivity index (χ1n) is 8.44. The highest BCUT2D eigenvalue weighted by Crippen LogP contribution is 2.47. The number of halogens is 1. The van der Waals surface area contributed by atoms with E-state index in [0.29, 0.717) is 16.5 Å². The zero-order chi connectivity index (χ0) is 17.3. The van der Waals surface area contributed by atoms with Gasteiger partial charge in [-0.25, -0.2) is 0 Å². The number of benzene rings is 2. The zero-order valence-electron chi connectivity index (χ0n) is 13.7. The number of carbonyl (C=O) groups excluding carboxylic acids is 1. The van der Waals surface area contributed by atoms with E-state index in [1.807, 2.05) is 36.4 Å². The van der Waals surface area contributed by atoms with Crippen LogP contribution in [0.4, 0.5) is 11.4 Å². The van der Waals surface area contributed by atoms with Gasteiger partial charge >= 0.3 is 0 Å². The highest BCUT2D eigenvalue weighted by molar-refractivity contribution is 6.33. The highest BCUT2D eigenvalue weighted by atomic mass is 35.5. The molecule has 1 saturated carbocycles. The van der Waals surface area contributed by atoms with Crippen molar-refractivity contribution in [2.75, 3.05) is 17.2 Å². The number of amides is 1. The lowest BCUT2D eigenvalue weighted by Gasteiger charge is -2.21. The van der Waals surface area contributed by atoms with Gasteiger partial charge in [-0.2, -0.15) is 0 Å². The van der Waals surface area contributed by atoms with Crippen molar-refractivity contribution in [2.45, 2.75) is 31.5 Å². The number of para-hydroxylation sites is 1. The predicted molar refractivity (Wildman–Crippen MR) is 97.5 cm³/mol. The third-order valence-corrected chi connectivity index (χ3v) is 4.83. The van der Waals surface area contributed by atoms with Gasteiger partial charge in [0.15, 0.2) is 11.5 Å². The van der Waals surface area contributed by atoms with Gasteiger partial charge < -0.3 is 20.1 Å². The lowest BCUT2D eigenvalue weighted by Crippen LogP contribution is -2.34. The maximum absolute atomic E-state index is 12.2. The van der Waals surface area contributed by atoms with E-state index >= 15 is 0 Å². The van der Waals surface area contributed by atoms with Crippen LogP contribution in [-0.4, -0.2) is 18.2 Å². The van der Waals surface area contributed by atoms with Crippen molar-refractivity contribution in [2.24, 2.45) is 0 Å². The highest BCUT2D eigenvalue weighted by Gasteiger charge is 2.44. The fraction of sp³-hybridized carbons (Fsp3) is 0.316. The Hall–Kier alpha value is -2.40. The van der Waals surface area contributed by atoms with Crippen LogP contribution in [0.3, 0.4) is 0 Å². The van der Waals surface area contributed by atoms with Crippen molar-refractivity contribution < 1.29 is 14.3 Å². The van der Waals surface area contributed by atoms with Crippen LogP contribution in [0.1, 0.15) is 25.7 Å². The number of ether oxygens (including phenoxy) is 2. The normalized spacial score (nSPS) is 16.8. The molecule has 1 spiro atoms. The van der Waals surface area contributed by atoms with Crippen LogP contribution < -0.4 is 20.1 Å². The second-order valence-electron chi connectivity index (χ2n) is 6.37. The van der Waals surface area contributed by atoms with E-state index in [1.165, 1.54) is 0 Å². The van der Waals surface area contributed by atoms with Crippen LogP contribution in [0, 0.1) is 0 Å². The topological polar surface area (TPSA) is 59.6 Å². The van der Waals surface area contributed by atoms with E-state index < -0.39 is 5.79 Å². The molecule has 2 N–H and O–H groups in total. The minimum atomic E-state index is -0.490. The van der Waals surface area contributed by atoms with Crippen molar-refractivity contribution in [1.82, 2.24) is 0 Å². The summed E-state index contributed by atoms with van der Waals surface area (Å²) in [5.74, 6) is 0.790. The average molecular weight is 359 g/mol. The number of anilines is 2. The largest absolute Gasteiger partial charge is 0.448 e. The molecule has 4 rings (SSSR count). The van der Waals surface area contributed by atoms with E-state index in [2.05, 4.69) is 10.6 Å². The average Bonchev–Trinajstić information content (AvgIpc) is 3.20. The Morgan fingerprint density at radius 3 is 2.64 bits per heavy atom. The first-order valence-corrected chi connectivity index (χ1v) is 8.82. The van der Waals surface area contributed by atoms with Crippen LogP contribution in [0.2, 0.25) is 5.02 Å². The fourth-order valence-electron chi connectivity index (χ4n) is 3.27. The van der Waals surface area contributed by atoms with E-state index in [9.17, 15) is 4.79 Å². The molecule has 2 aromatic carbocycles. The summed E-state index contributed by atoms with van der Waals surface area (Å²) >= 11 is 6.07. The Bertz CT molecular complexity index is 803. The van der Waals surface area contributed by atoms with Crippen LogP contribution in [0.5, 0.6) is 11.5 Å². The third kappa shape index (κ3) is 3.37. The molecule has 6 heteroatoms. The molecule has 2 aliphatic rings. The molecule has 0 aromatic heterocycles. The SMILES string of the molecule is O=C(CNc1ccccc1Cl)Nc1ccc2c(c1)OC1(CCCC1)O2. The van der Waals surface area contributed by atoms with Crippen molar-refractivity contribution >= 4 is 28.9 Å². The molecule has 1 heterocycles. The summed E-state index contributed by atoms with van der Waals surface area (Å²) in [5, 5.41) is 6.47. The number of nitrogens with one attached hydrogen (secondary N) is 2. The Balaban J connectivity index is 1.37. The minimum absolute atomic E-state index is 0.127. The molecule has 5 nitrogen and oxygen atoms in total. The Labute approximate surface area is 151 Å². The summed E-state index contributed by atoms with van der Waals surface area (Å²) in [7, 11) is 0. The van der Waals surface area contributed by atoms with Crippen LogP contribution in [0.25, 0.3) is 0 Å². The van der Waals surface area contributed by atoms with E-state index in [-0.39, 0.29) is 12.5 Å². The van der Waals surface area contributed by atoms with Gasteiger partial charge in [-0.15, -0.1) is 0 Å². The zero-order valence-corrected chi connectivity index (χ0v) is 14.4. The molecule has 1 aliphatic heterocycles. The second-order valence-corrected chi connectivity index (χ2v) is 6.77. The Morgan fingerprint density at radius 1 is 1.08 bits per heavy atom. The number of fused-ring (bicyclic) bond motifs is 1. The molecule has 0 bridgehead atoms. The number of hydrogen-bond donors (Lipinski definition) is 2. The van der Waals surface area contributed by atoms with Crippen molar-refractivity contribution in [1.29, 1.82) is 0 Å². The van der Waals surface area contributed by atoms with Gasteiger partial charge in [-0.05, 0) is 37.1 Å². The van der Waals surface area contributed by atoms with Gasteiger partial charge in [0.1, 0.15) is 0 Å². The van der Waals surface area contributed by atoms with Crippen molar-refractivity contribution in [3.05, 3.63) is 47.5 Å². The minimum Gasteiger partial charge on any atom is -0.448 e. The fourth-order valence-corrected chi connectivity index (χ4v) is 3.48. The van der Waals surface area contributed by atoms with E-state index in [0.717, 1.165) is 37.1 Å². The lowest BCUT2D eigenvalue weighted by molar-refractivity contribution is -0.114. The maximum Gasteiger partial charge on any atom is 0.251 e.